The molecule has 0 aliphatic heterocycles. The number of anilines is 2. The third kappa shape index (κ3) is 5.64. The molecule has 0 unspecified atom stereocenters. The Morgan fingerprint density at radius 2 is 1.90 bits per heavy atom. The number of rotatable bonds is 8. The maximum absolute atomic E-state index is 12.0. The van der Waals surface area contributed by atoms with Crippen LogP contribution in [0.4, 0.5) is 11.5 Å². The van der Waals surface area contributed by atoms with Crippen LogP contribution in [0.25, 0.3) is 11.4 Å². The molecule has 2 aromatic heterocycles. The van der Waals surface area contributed by atoms with E-state index in [0.717, 1.165) is 46.1 Å². The summed E-state index contributed by atoms with van der Waals surface area (Å²) in [5.41, 5.74) is 5.07. The average Bonchev–Trinajstić information content (AvgIpc) is 3.22. The summed E-state index contributed by atoms with van der Waals surface area (Å²) in [6.07, 6.45) is 1.24. The lowest BCUT2D eigenvalue weighted by molar-refractivity contribution is -0.120. The van der Waals surface area contributed by atoms with Crippen LogP contribution >= 0.6 is 11.3 Å². The van der Waals surface area contributed by atoms with Crippen molar-refractivity contribution in [2.75, 3.05) is 11.9 Å². The van der Waals surface area contributed by atoms with E-state index in [0.29, 0.717) is 18.9 Å². The molecule has 5 nitrogen and oxygen atoms in total. The molecule has 0 spiro atoms. The molecule has 0 radical (unpaired) electrons. The molecule has 2 N–H and O–H groups in total. The summed E-state index contributed by atoms with van der Waals surface area (Å²) in [6, 6.07) is 9.99. The molecule has 3 aromatic rings. The van der Waals surface area contributed by atoms with Gasteiger partial charge in [-0.25, -0.2) is 9.97 Å². The molecule has 1 aromatic carbocycles. The van der Waals surface area contributed by atoms with E-state index in [-0.39, 0.29) is 5.91 Å². The number of benzene rings is 1. The largest absolute Gasteiger partial charge is 0.356 e. The van der Waals surface area contributed by atoms with E-state index in [9.17, 15) is 4.79 Å². The van der Waals surface area contributed by atoms with Crippen LogP contribution in [0.3, 0.4) is 0 Å². The molecular weight excluding hydrogens is 380 g/mol. The standard InChI is InChI=1S/C23H28N4OS/c1-5-20-16(4)25-22(18-10-11-29-14-18)27-23(20)26-19-8-6-17(7-9-19)12-21(28)24-13-15(2)3/h6-11,14-15H,5,12-13H2,1-4H3,(H,24,28)(H,25,26,27). The zero-order valence-electron chi connectivity index (χ0n) is 17.5. The number of nitrogens with zero attached hydrogens (tertiary/aromatic N) is 2. The second kappa shape index (κ2) is 9.65. The number of hydrogen-bond acceptors (Lipinski definition) is 5. The monoisotopic (exact) mass is 408 g/mol. The second-order valence-corrected chi connectivity index (χ2v) is 8.30. The van der Waals surface area contributed by atoms with Gasteiger partial charge in [0.2, 0.25) is 5.91 Å². The van der Waals surface area contributed by atoms with E-state index in [1.54, 1.807) is 11.3 Å². The Kier molecular flexibility index (Phi) is 6.99. The number of amides is 1. The highest BCUT2D eigenvalue weighted by molar-refractivity contribution is 7.08. The van der Waals surface area contributed by atoms with Crippen LogP contribution in [-0.2, 0) is 17.6 Å². The lowest BCUT2D eigenvalue weighted by atomic mass is 10.1. The summed E-state index contributed by atoms with van der Waals surface area (Å²) < 4.78 is 0. The fraction of sp³-hybridized carbons (Fsp3) is 0.348. The number of carbonyl (C=O) groups is 1. The molecule has 1 amide bonds. The Morgan fingerprint density at radius 3 is 2.52 bits per heavy atom. The second-order valence-electron chi connectivity index (χ2n) is 7.52. The predicted molar refractivity (Wildman–Crippen MR) is 121 cm³/mol. The number of thiophene rings is 1. The molecule has 0 saturated heterocycles. The van der Waals surface area contributed by atoms with Gasteiger partial charge in [0.25, 0.3) is 0 Å². The molecule has 3 rings (SSSR count). The third-order valence-electron chi connectivity index (χ3n) is 4.64. The third-order valence-corrected chi connectivity index (χ3v) is 5.32. The zero-order chi connectivity index (χ0) is 20.8. The minimum Gasteiger partial charge on any atom is -0.356 e. The number of hydrogen-bond donors (Lipinski definition) is 2. The van der Waals surface area contributed by atoms with Crippen molar-refractivity contribution in [2.24, 2.45) is 5.92 Å². The molecular formula is C23H28N4OS. The Morgan fingerprint density at radius 1 is 1.14 bits per heavy atom. The molecule has 6 heteroatoms. The first kappa shape index (κ1) is 21.0. The first-order chi connectivity index (χ1) is 14.0. The SMILES string of the molecule is CCc1c(C)nc(-c2ccsc2)nc1Nc1ccc(CC(=O)NCC(C)C)cc1. The minimum absolute atomic E-state index is 0.0551. The Bertz CT molecular complexity index is 950. The summed E-state index contributed by atoms with van der Waals surface area (Å²) in [4.78, 5) is 21.5. The van der Waals surface area contributed by atoms with E-state index in [4.69, 9.17) is 4.98 Å². The van der Waals surface area contributed by atoms with Crippen LogP contribution in [0.5, 0.6) is 0 Å². The van der Waals surface area contributed by atoms with Gasteiger partial charge in [-0.2, -0.15) is 11.3 Å². The van der Waals surface area contributed by atoms with Crippen molar-refractivity contribution in [2.45, 2.75) is 40.5 Å². The molecule has 152 valence electrons. The van der Waals surface area contributed by atoms with Crippen molar-refractivity contribution in [3.05, 3.63) is 57.9 Å². The molecule has 0 saturated carbocycles. The topological polar surface area (TPSA) is 66.9 Å². The molecule has 29 heavy (non-hydrogen) atoms. The maximum atomic E-state index is 12.0. The molecule has 0 bridgehead atoms. The number of aromatic nitrogens is 2. The Balaban J connectivity index is 1.75. The van der Waals surface area contributed by atoms with Crippen LogP contribution in [0.15, 0.2) is 41.1 Å². The van der Waals surface area contributed by atoms with Crippen LogP contribution in [-0.4, -0.2) is 22.4 Å². The van der Waals surface area contributed by atoms with Gasteiger partial charge in [-0.3, -0.25) is 4.79 Å². The number of aryl methyl sites for hydroxylation is 1. The summed E-state index contributed by atoms with van der Waals surface area (Å²) in [7, 11) is 0. The fourth-order valence-electron chi connectivity index (χ4n) is 3.05. The first-order valence-corrected chi connectivity index (χ1v) is 10.9. The van der Waals surface area contributed by atoms with E-state index in [1.807, 2.05) is 42.6 Å². The van der Waals surface area contributed by atoms with Crippen molar-refractivity contribution in [1.29, 1.82) is 0 Å². The van der Waals surface area contributed by atoms with E-state index in [2.05, 4.69) is 41.8 Å². The summed E-state index contributed by atoms with van der Waals surface area (Å²) in [6.45, 7) is 9.02. The first-order valence-electron chi connectivity index (χ1n) is 9.99. The highest BCUT2D eigenvalue weighted by Gasteiger charge is 2.12. The quantitative estimate of drug-likeness (QED) is 0.542. The highest BCUT2D eigenvalue weighted by Crippen LogP contribution is 2.26. The molecule has 2 heterocycles. The van der Waals surface area contributed by atoms with Crippen molar-refractivity contribution in [3.63, 3.8) is 0 Å². The fourth-order valence-corrected chi connectivity index (χ4v) is 3.69. The van der Waals surface area contributed by atoms with E-state index >= 15 is 0 Å². The van der Waals surface area contributed by atoms with Crippen LogP contribution in [0.2, 0.25) is 0 Å². The Labute approximate surface area is 176 Å². The predicted octanol–water partition coefficient (Wildman–Crippen LogP) is 5.13. The van der Waals surface area contributed by atoms with Gasteiger partial charge in [-0.05, 0) is 48.4 Å². The highest BCUT2D eigenvalue weighted by atomic mass is 32.1. The van der Waals surface area contributed by atoms with Gasteiger partial charge in [0, 0.05) is 34.4 Å². The molecule has 0 atom stereocenters. The van der Waals surface area contributed by atoms with Gasteiger partial charge in [0.05, 0.1) is 6.42 Å². The lowest BCUT2D eigenvalue weighted by Gasteiger charge is -2.14. The smallest absolute Gasteiger partial charge is 0.224 e. The van der Waals surface area contributed by atoms with E-state index in [1.165, 1.54) is 0 Å². The maximum Gasteiger partial charge on any atom is 0.224 e. The summed E-state index contributed by atoms with van der Waals surface area (Å²) in [5, 5.41) is 10.5. The van der Waals surface area contributed by atoms with Gasteiger partial charge in [-0.15, -0.1) is 0 Å². The van der Waals surface area contributed by atoms with E-state index < -0.39 is 0 Å². The van der Waals surface area contributed by atoms with Gasteiger partial charge >= 0.3 is 0 Å². The van der Waals surface area contributed by atoms with Crippen molar-refractivity contribution < 1.29 is 4.79 Å². The van der Waals surface area contributed by atoms with Crippen molar-refractivity contribution >= 4 is 28.7 Å². The van der Waals surface area contributed by atoms with Crippen molar-refractivity contribution in [1.82, 2.24) is 15.3 Å². The van der Waals surface area contributed by atoms with Crippen LogP contribution in [0, 0.1) is 12.8 Å². The van der Waals surface area contributed by atoms with Gasteiger partial charge in [0.15, 0.2) is 5.82 Å². The molecule has 0 fully saturated rings. The normalized spacial score (nSPS) is 10.9. The zero-order valence-corrected chi connectivity index (χ0v) is 18.3. The summed E-state index contributed by atoms with van der Waals surface area (Å²) in [5.74, 6) is 2.08. The van der Waals surface area contributed by atoms with Gasteiger partial charge in [-0.1, -0.05) is 32.9 Å². The lowest BCUT2D eigenvalue weighted by Crippen LogP contribution is -2.28. The average molecular weight is 409 g/mol. The van der Waals surface area contributed by atoms with Crippen LogP contribution < -0.4 is 10.6 Å². The summed E-state index contributed by atoms with van der Waals surface area (Å²) >= 11 is 1.64. The number of carbonyl (C=O) groups excluding carboxylic acids is 1. The Hall–Kier alpha value is -2.73. The molecule has 0 aliphatic rings. The minimum atomic E-state index is 0.0551. The molecule has 0 aliphatic carbocycles. The number of nitrogens with one attached hydrogen (secondary N) is 2. The van der Waals surface area contributed by atoms with Gasteiger partial charge in [0.1, 0.15) is 5.82 Å². The van der Waals surface area contributed by atoms with Crippen molar-refractivity contribution in [3.8, 4) is 11.4 Å². The van der Waals surface area contributed by atoms with Gasteiger partial charge < -0.3 is 10.6 Å². The van der Waals surface area contributed by atoms with Crippen LogP contribution in [0.1, 0.15) is 37.6 Å².